The van der Waals surface area contributed by atoms with Crippen molar-refractivity contribution in [1.29, 1.82) is 0 Å². The molecule has 1 heterocycles. The minimum atomic E-state index is -0.144. The summed E-state index contributed by atoms with van der Waals surface area (Å²) in [5.74, 6) is 0.634. The molecule has 2 rings (SSSR count). The van der Waals surface area contributed by atoms with Crippen LogP contribution in [0.3, 0.4) is 0 Å². The Kier molecular flexibility index (Phi) is 6.37. The maximum atomic E-state index is 12.3. The highest BCUT2D eigenvalue weighted by atomic mass is 32.1. The molecule has 24 heavy (non-hydrogen) atoms. The first kappa shape index (κ1) is 18.0. The van der Waals surface area contributed by atoms with Crippen molar-refractivity contribution in [3.63, 3.8) is 0 Å². The van der Waals surface area contributed by atoms with Gasteiger partial charge in [-0.25, -0.2) is 0 Å². The molecule has 0 spiro atoms. The molecule has 2 amide bonds. The average Bonchev–Trinajstić information content (AvgIpc) is 3.15. The number of carbonyl (C=O) groups is 2. The number of nitrogens with zero attached hydrogens (tertiary/aromatic N) is 1. The van der Waals surface area contributed by atoms with E-state index >= 15 is 0 Å². The Morgan fingerprint density at radius 1 is 1.25 bits per heavy atom. The number of benzene rings is 1. The van der Waals surface area contributed by atoms with E-state index < -0.39 is 0 Å². The second-order valence-electron chi connectivity index (χ2n) is 5.47. The molecule has 0 saturated carbocycles. The van der Waals surface area contributed by atoms with Crippen LogP contribution in [0, 0.1) is 0 Å². The van der Waals surface area contributed by atoms with Gasteiger partial charge < -0.3 is 15.0 Å². The van der Waals surface area contributed by atoms with Gasteiger partial charge in [-0.05, 0) is 36.1 Å². The molecule has 0 radical (unpaired) electrons. The van der Waals surface area contributed by atoms with Gasteiger partial charge in [-0.2, -0.15) is 11.3 Å². The second-order valence-corrected chi connectivity index (χ2v) is 6.25. The van der Waals surface area contributed by atoms with Crippen molar-refractivity contribution in [2.45, 2.75) is 19.4 Å². The third-order valence-electron chi connectivity index (χ3n) is 3.98. The van der Waals surface area contributed by atoms with Crippen molar-refractivity contribution in [3.8, 4) is 5.75 Å². The lowest BCUT2D eigenvalue weighted by molar-refractivity contribution is -0.131. The van der Waals surface area contributed by atoms with E-state index in [0.717, 1.165) is 11.3 Å². The largest absolute Gasteiger partial charge is 0.497 e. The zero-order chi connectivity index (χ0) is 17.5. The molecule has 1 N–H and O–H groups in total. The summed E-state index contributed by atoms with van der Waals surface area (Å²) < 4.78 is 5.14. The van der Waals surface area contributed by atoms with Crippen LogP contribution in [0.1, 0.15) is 35.3 Å². The van der Waals surface area contributed by atoms with Gasteiger partial charge in [0, 0.05) is 31.0 Å². The van der Waals surface area contributed by atoms with Crippen LogP contribution in [-0.4, -0.2) is 37.4 Å². The first-order valence-corrected chi connectivity index (χ1v) is 8.67. The molecule has 0 aliphatic carbocycles. The topological polar surface area (TPSA) is 58.6 Å². The monoisotopic (exact) mass is 346 g/mol. The maximum Gasteiger partial charge on any atom is 0.252 e. The Hall–Kier alpha value is -2.34. The summed E-state index contributed by atoms with van der Waals surface area (Å²) in [5.41, 5.74) is 1.67. The third kappa shape index (κ3) is 4.58. The Balaban J connectivity index is 1.83. The molecule has 5 nitrogen and oxygen atoms in total. The summed E-state index contributed by atoms with van der Waals surface area (Å²) in [4.78, 5) is 25.8. The van der Waals surface area contributed by atoms with E-state index in [4.69, 9.17) is 4.74 Å². The number of hydrogen-bond donors (Lipinski definition) is 1. The van der Waals surface area contributed by atoms with Gasteiger partial charge in [0.15, 0.2) is 0 Å². The van der Waals surface area contributed by atoms with Gasteiger partial charge in [0.1, 0.15) is 5.75 Å². The lowest BCUT2D eigenvalue weighted by atomic mass is 10.1. The van der Waals surface area contributed by atoms with E-state index in [0.29, 0.717) is 12.1 Å². The van der Waals surface area contributed by atoms with Gasteiger partial charge in [0.25, 0.3) is 5.91 Å². The molecular weight excluding hydrogens is 324 g/mol. The number of thiophene rings is 1. The van der Waals surface area contributed by atoms with Crippen LogP contribution in [0.2, 0.25) is 0 Å². The van der Waals surface area contributed by atoms with Gasteiger partial charge in [0.2, 0.25) is 5.91 Å². The van der Waals surface area contributed by atoms with Crippen molar-refractivity contribution in [1.82, 2.24) is 10.2 Å². The third-order valence-corrected chi connectivity index (χ3v) is 4.66. The molecule has 6 heteroatoms. The first-order valence-electron chi connectivity index (χ1n) is 7.73. The molecule has 0 bridgehead atoms. The van der Waals surface area contributed by atoms with Crippen LogP contribution in [0.4, 0.5) is 0 Å². The number of nitrogens with one attached hydrogen (secondary N) is 1. The van der Waals surface area contributed by atoms with E-state index in [1.807, 2.05) is 36.6 Å². The number of hydrogen-bond acceptors (Lipinski definition) is 4. The highest BCUT2D eigenvalue weighted by Crippen LogP contribution is 2.22. The van der Waals surface area contributed by atoms with Crippen LogP contribution in [0.5, 0.6) is 5.75 Å². The number of carbonyl (C=O) groups excluding carboxylic acids is 2. The molecule has 0 aliphatic heterocycles. The van der Waals surface area contributed by atoms with Crippen LogP contribution >= 0.6 is 11.3 Å². The Morgan fingerprint density at radius 2 is 1.96 bits per heavy atom. The van der Waals surface area contributed by atoms with Crippen molar-refractivity contribution in [2.75, 3.05) is 20.7 Å². The van der Waals surface area contributed by atoms with E-state index in [9.17, 15) is 9.59 Å². The summed E-state index contributed by atoms with van der Waals surface area (Å²) in [6.07, 6.45) is 0.271. The van der Waals surface area contributed by atoms with E-state index in [-0.39, 0.29) is 24.3 Å². The van der Waals surface area contributed by atoms with Crippen molar-refractivity contribution in [2.24, 2.45) is 0 Å². The minimum Gasteiger partial charge on any atom is -0.497 e. The van der Waals surface area contributed by atoms with Crippen molar-refractivity contribution in [3.05, 3.63) is 52.2 Å². The summed E-state index contributed by atoms with van der Waals surface area (Å²) >= 11 is 1.47. The molecule has 128 valence electrons. The van der Waals surface area contributed by atoms with Gasteiger partial charge in [-0.1, -0.05) is 12.1 Å². The van der Waals surface area contributed by atoms with Crippen LogP contribution in [-0.2, 0) is 4.79 Å². The lowest BCUT2D eigenvalue weighted by Crippen LogP contribution is -2.33. The van der Waals surface area contributed by atoms with E-state index in [1.165, 1.54) is 11.3 Å². The van der Waals surface area contributed by atoms with Gasteiger partial charge in [-0.15, -0.1) is 0 Å². The van der Waals surface area contributed by atoms with Crippen LogP contribution in [0.25, 0.3) is 0 Å². The summed E-state index contributed by atoms with van der Waals surface area (Å²) in [6.45, 7) is 2.30. The second kappa shape index (κ2) is 8.49. The molecule has 0 saturated heterocycles. The molecule has 1 unspecified atom stereocenters. The lowest BCUT2D eigenvalue weighted by Gasteiger charge is -2.25. The number of ether oxygens (including phenoxy) is 1. The Morgan fingerprint density at radius 3 is 2.54 bits per heavy atom. The fourth-order valence-electron chi connectivity index (χ4n) is 2.28. The van der Waals surface area contributed by atoms with Gasteiger partial charge in [0.05, 0.1) is 13.2 Å². The average molecular weight is 346 g/mol. The fourth-order valence-corrected chi connectivity index (χ4v) is 2.91. The molecule has 1 atom stereocenters. The zero-order valence-corrected chi connectivity index (χ0v) is 14.9. The van der Waals surface area contributed by atoms with Gasteiger partial charge >= 0.3 is 0 Å². The summed E-state index contributed by atoms with van der Waals surface area (Å²) in [5, 5.41) is 6.41. The smallest absolute Gasteiger partial charge is 0.252 e. The Bertz CT molecular complexity index is 668. The maximum absolute atomic E-state index is 12.3. The summed E-state index contributed by atoms with van der Waals surface area (Å²) in [6, 6.07) is 9.38. The van der Waals surface area contributed by atoms with Crippen LogP contribution < -0.4 is 10.1 Å². The Labute approximate surface area is 146 Å². The standard InChI is InChI=1S/C18H22N2O3S/c1-13(14-4-6-16(23-3)7-5-14)20(2)17(21)8-10-19-18(22)15-9-11-24-12-15/h4-7,9,11-13H,8,10H2,1-3H3,(H,19,22). The predicted octanol–water partition coefficient (Wildman–Crippen LogP) is 3.10. The number of methoxy groups -OCH3 is 1. The van der Waals surface area contributed by atoms with E-state index in [2.05, 4.69) is 5.32 Å². The fraction of sp³-hybridized carbons (Fsp3) is 0.333. The normalized spacial score (nSPS) is 11.6. The van der Waals surface area contributed by atoms with Crippen molar-refractivity contribution >= 4 is 23.2 Å². The van der Waals surface area contributed by atoms with Gasteiger partial charge in [-0.3, -0.25) is 9.59 Å². The predicted molar refractivity (Wildman–Crippen MR) is 95.4 cm³/mol. The number of rotatable bonds is 7. The molecule has 1 aromatic carbocycles. The van der Waals surface area contributed by atoms with E-state index in [1.54, 1.807) is 30.5 Å². The molecule has 2 aromatic rings. The highest BCUT2D eigenvalue weighted by molar-refractivity contribution is 7.08. The first-order chi connectivity index (χ1) is 11.5. The molecule has 0 fully saturated rings. The number of amides is 2. The van der Waals surface area contributed by atoms with Crippen LogP contribution in [0.15, 0.2) is 41.1 Å². The minimum absolute atomic E-state index is 0.0102. The highest BCUT2D eigenvalue weighted by Gasteiger charge is 2.17. The quantitative estimate of drug-likeness (QED) is 0.838. The van der Waals surface area contributed by atoms with Crippen molar-refractivity contribution < 1.29 is 14.3 Å². The molecule has 0 aliphatic rings. The molecular formula is C18H22N2O3S. The summed E-state index contributed by atoms with van der Waals surface area (Å²) in [7, 11) is 3.40. The zero-order valence-electron chi connectivity index (χ0n) is 14.1. The SMILES string of the molecule is COc1ccc(C(C)N(C)C(=O)CCNC(=O)c2ccsc2)cc1. The molecule has 1 aromatic heterocycles.